The number of nitrogens with zero attached hydrogens (tertiary/aromatic N) is 3. The Morgan fingerprint density at radius 2 is 2.19 bits per heavy atom. The third kappa shape index (κ3) is 2.80. The molecule has 21 heavy (non-hydrogen) atoms. The Morgan fingerprint density at radius 1 is 1.48 bits per heavy atom. The number of carbonyl (C=O) groups is 1. The summed E-state index contributed by atoms with van der Waals surface area (Å²) in [6.07, 6.45) is 1.91. The van der Waals surface area contributed by atoms with E-state index in [1.54, 1.807) is 11.0 Å². The van der Waals surface area contributed by atoms with Gasteiger partial charge in [-0.15, -0.1) is 0 Å². The lowest BCUT2D eigenvalue weighted by Crippen LogP contribution is -2.30. The van der Waals surface area contributed by atoms with Crippen molar-refractivity contribution in [1.82, 2.24) is 14.9 Å². The van der Waals surface area contributed by atoms with Gasteiger partial charge in [-0.3, -0.25) is 14.6 Å². The number of hydrogen-bond donors (Lipinski definition) is 1. The topological polar surface area (TPSA) is 69.3 Å². The Balaban J connectivity index is 1.74. The van der Waals surface area contributed by atoms with E-state index in [1.165, 1.54) is 0 Å². The van der Waals surface area contributed by atoms with Crippen LogP contribution in [0.15, 0.2) is 10.9 Å². The Morgan fingerprint density at radius 3 is 2.81 bits per heavy atom. The largest absolute Gasteiger partial charge is 0.348 e. The van der Waals surface area contributed by atoms with E-state index >= 15 is 0 Å². The standard InChI is InChI=1S/C15H22N4O2/c1-9-6-11(9)14(21)19-5-4-10(8-19)12-7-13(20)17-15(16-12)18(2)3/h7,9-11H,4-6,8H2,1-3H3,(H,16,17,20)/t9-,10-,11+/m1/s1. The Labute approximate surface area is 124 Å². The van der Waals surface area contributed by atoms with Gasteiger partial charge >= 0.3 is 0 Å². The van der Waals surface area contributed by atoms with Crippen LogP contribution >= 0.6 is 0 Å². The summed E-state index contributed by atoms with van der Waals surface area (Å²) in [5, 5.41) is 0. The Kier molecular flexibility index (Phi) is 3.47. The maximum Gasteiger partial charge on any atom is 0.252 e. The van der Waals surface area contributed by atoms with Crippen molar-refractivity contribution in [1.29, 1.82) is 0 Å². The van der Waals surface area contributed by atoms with Gasteiger partial charge in [0.05, 0.1) is 5.69 Å². The number of hydrogen-bond acceptors (Lipinski definition) is 4. The molecule has 1 aromatic rings. The van der Waals surface area contributed by atoms with Gasteiger partial charge < -0.3 is 9.80 Å². The Bertz CT molecular complexity index is 610. The first-order valence-corrected chi connectivity index (χ1v) is 7.53. The molecule has 2 aliphatic rings. The fourth-order valence-corrected chi connectivity index (χ4v) is 2.99. The zero-order valence-electron chi connectivity index (χ0n) is 12.8. The van der Waals surface area contributed by atoms with Crippen molar-refractivity contribution < 1.29 is 4.79 Å². The summed E-state index contributed by atoms with van der Waals surface area (Å²) in [4.78, 5) is 35.0. The van der Waals surface area contributed by atoms with Crippen LogP contribution in [0.1, 0.15) is 31.4 Å². The minimum Gasteiger partial charge on any atom is -0.348 e. The molecular formula is C15H22N4O2. The second kappa shape index (κ2) is 5.16. The average Bonchev–Trinajstić information content (AvgIpc) is 2.98. The summed E-state index contributed by atoms with van der Waals surface area (Å²) >= 11 is 0. The van der Waals surface area contributed by atoms with Crippen LogP contribution in [0.3, 0.4) is 0 Å². The summed E-state index contributed by atoms with van der Waals surface area (Å²) in [5.74, 6) is 1.78. The van der Waals surface area contributed by atoms with Gasteiger partial charge in [0.15, 0.2) is 0 Å². The van der Waals surface area contributed by atoms with Crippen molar-refractivity contribution in [2.45, 2.75) is 25.7 Å². The van der Waals surface area contributed by atoms with Crippen molar-refractivity contribution in [3.05, 3.63) is 22.1 Å². The zero-order valence-corrected chi connectivity index (χ0v) is 12.8. The quantitative estimate of drug-likeness (QED) is 0.894. The van der Waals surface area contributed by atoms with Gasteiger partial charge in [0.1, 0.15) is 0 Å². The molecule has 6 nitrogen and oxygen atoms in total. The second-order valence-corrected chi connectivity index (χ2v) is 6.48. The van der Waals surface area contributed by atoms with Crippen LogP contribution in [0.5, 0.6) is 0 Å². The highest BCUT2D eigenvalue weighted by molar-refractivity contribution is 5.82. The van der Waals surface area contributed by atoms with Crippen molar-refractivity contribution in [3.63, 3.8) is 0 Å². The predicted octanol–water partition coefficient (Wildman–Crippen LogP) is 0.808. The maximum atomic E-state index is 12.3. The van der Waals surface area contributed by atoms with E-state index in [0.29, 0.717) is 18.4 Å². The molecule has 0 bridgehead atoms. The van der Waals surface area contributed by atoms with Gasteiger partial charge in [-0.05, 0) is 18.8 Å². The monoisotopic (exact) mass is 290 g/mol. The highest BCUT2D eigenvalue weighted by atomic mass is 16.2. The molecule has 1 aromatic heterocycles. The number of aromatic nitrogens is 2. The number of H-pyrrole nitrogens is 1. The van der Waals surface area contributed by atoms with Crippen LogP contribution < -0.4 is 10.5 Å². The van der Waals surface area contributed by atoms with Crippen molar-refractivity contribution in [2.75, 3.05) is 32.1 Å². The molecule has 1 aliphatic carbocycles. The number of amides is 1. The molecule has 6 heteroatoms. The number of rotatable bonds is 3. The molecule has 1 N–H and O–H groups in total. The first kappa shape index (κ1) is 14.1. The van der Waals surface area contributed by atoms with Crippen LogP contribution in [0.2, 0.25) is 0 Å². The maximum absolute atomic E-state index is 12.3. The lowest BCUT2D eigenvalue weighted by molar-refractivity contribution is -0.131. The molecule has 2 heterocycles. The zero-order chi connectivity index (χ0) is 15.1. The summed E-state index contributed by atoms with van der Waals surface area (Å²) in [6.45, 7) is 3.58. The third-order valence-corrected chi connectivity index (χ3v) is 4.52. The molecular weight excluding hydrogens is 268 g/mol. The predicted molar refractivity (Wildman–Crippen MR) is 80.4 cm³/mol. The molecule has 0 aromatic carbocycles. The molecule has 3 rings (SSSR count). The van der Waals surface area contributed by atoms with Gasteiger partial charge in [0.2, 0.25) is 11.9 Å². The molecule has 0 spiro atoms. The van der Waals surface area contributed by atoms with Crippen LogP contribution in [-0.2, 0) is 4.79 Å². The third-order valence-electron chi connectivity index (χ3n) is 4.52. The number of likely N-dealkylation sites (tertiary alicyclic amines) is 1. The summed E-state index contributed by atoms with van der Waals surface area (Å²) in [6, 6.07) is 1.56. The van der Waals surface area contributed by atoms with Crippen molar-refractivity contribution >= 4 is 11.9 Å². The molecule has 0 unspecified atom stereocenters. The molecule has 3 atom stereocenters. The minimum absolute atomic E-state index is 0.135. The first-order valence-electron chi connectivity index (χ1n) is 7.53. The van der Waals surface area contributed by atoms with E-state index in [9.17, 15) is 9.59 Å². The van der Waals surface area contributed by atoms with E-state index in [-0.39, 0.29) is 23.3 Å². The summed E-state index contributed by atoms with van der Waals surface area (Å²) in [5.41, 5.74) is 0.658. The van der Waals surface area contributed by atoms with Gasteiger partial charge in [-0.2, -0.15) is 0 Å². The highest BCUT2D eigenvalue weighted by Crippen LogP contribution is 2.40. The lowest BCUT2D eigenvalue weighted by atomic mass is 10.1. The molecule has 114 valence electrons. The number of anilines is 1. The van der Waals surface area contributed by atoms with Crippen molar-refractivity contribution in [2.24, 2.45) is 11.8 Å². The van der Waals surface area contributed by atoms with Gasteiger partial charge in [-0.1, -0.05) is 6.92 Å². The highest BCUT2D eigenvalue weighted by Gasteiger charge is 2.43. The van der Waals surface area contributed by atoms with E-state index < -0.39 is 0 Å². The van der Waals surface area contributed by atoms with Crippen LogP contribution in [-0.4, -0.2) is 48.0 Å². The average molecular weight is 290 g/mol. The molecule has 0 radical (unpaired) electrons. The number of aromatic amines is 1. The van der Waals surface area contributed by atoms with E-state index in [2.05, 4.69) is 16.9 Å². The van der Waals surface area contributed by atoms with Crippen molar-refractivity contribution in [3.8, 4) is 0 Å². The van der Waals surface area contributed by atoms with Crippen LogP contribution in [0.25, 0.3) is 0 Å². The van der Waals surface area contributed by atoms with E-state index in [4.69, 9.17) is 0 Å². The molecule has 1 aliphatic heterocycles. The lowest BCUT2D eigenvalue weighted by Gasteiger charge is -2.17. The van der Waals surface area contributed by atoms with E-state index in [1.807, 2.05) is 19.0 Å². The van der Waals surface area contributed by atoms with Crippen LogP contribution in [0.4, 0.5) is 5.95 Å². The minimum atomic E-state index is -0.135. The van der Waals surface area contributed by atoms with Gasteiger partial charge in [0.25, 0.3) is 5.56 Å². The molecule has 1 amide bonds. The number of nitrogens with one attached hydrogen (secondary N) is 1. The Hall–Kier alpha value is -1.85. The molecule has 2 fully saturated rings. The first-order chi connectivity index (χ1) is 9.95. The second-order valence-electron chi connectivity index (χ2n) is 6.48. The normalized spacial score (nSPS) is 27.8. The SMILES string of the molecule is C[C@@H]1C[C@@H]1C(=O)N1CC[C@@H](c2cc(=O)[nH]c(N(C)C)n2)C1. The van der Waals surface area contributed by atoms with Crippen LogP contribution in [0, 0.1) is 11.8 Å². The fourth-order valence-electron chi connectivity index (χ4n) is 2.99. The van der Waals surface area contributed by atoms with Gasteiger partial charge in [0, 0.05) is 45.1 Å². The van der Waals surface area contributed by atoms with Gasteiger partial charge in [-0.25, -0.2) is 4.98 Å². The fraction of sp³-hybridized carbons (Fsp3) is 0.667. The smallest absolute Gasteiger partial charge is 0.252 e. The summed E-state index contributed by atoms with van der Waals surface area (Å²) < 4.78 is 0. The summed E-state index contributed by atoms with van der Waals surface area (Å²) in [7, 11) is 3.70. The molecule has 1 saturated carbocycles. The number of carbonyl (C=O) groups excluding carboxylic acids is 1. The van der Waals surface area contributed by atoms with E-state index in [0.717, 1.165) is 25.1 Å². The molecule has 1 saturated heterocycles.